The van der Waals surface area contributed by atoms with Gasteiger partial charge in [0.2, 0.25) is 5.91 Å². The van der Waals surface area contributed by atoms with Crippen LogP contribution in [-0.4, -0.2) is 47.4 Å². The van der Waals surface area contributed by atoms with Crippen LogP contribution in [0.15, 0.2) is 24.5 Å². The highest BCUT2D eigenvalue weighted by molar-refractivity contribution is 5.91. The Bertz CT molecular complexity index is 532. The molecule has 1 aliphatic rings. The van der Waals surface area contributed by atoms with Gasteiger partial charge in [-0.25, -0.2) is 4.79 Å². The van der Waals surface area contributed by atoms with Crippen LogP contribution in [0.1, 0.15) is 23.2 Å². The first kappa shape index (κ1) is 15.0. The fourth-order valence-electron chi connectivity index (χ4n) is 2.23. The lowest BCUT2D eigenvalue weighted by atomic mass is 9.97. The summed E-state index contributed by atoms with van der Waals surface area (Å²) in [5, 5.41) is 0. The number of nitrogens with zero attached hydrogens (tertiary/aromatic N) is 2. The first-order valence-electron chi connectivity index (χ1n) is 6.72. The van der Waals surface area contributed by atoms with Gasteiger partial charge in [0.05, 0.1) is 11.5 Å². The topological polar surface area (TPSA) is 103 Å². The number of rotatable bonds is 4. The van der Waals surface area contributed by atoms with E-state index in [0.29, 0.717) is 25.1 Å². The molecule has 7 nitrogen and oxygen atoms in total. The summed E-state index contributed by atoms with van der Waals surface area (Å²) in [7, 11) is 0. The van der Waals surface area contributed by atoms with Crippen molar-refractivity contribution < 1.29 is 19.1 Å². The molecular weight excluding hydrogens is 274 g/mol. The van der Waals surface area contributed by atoms with Gasteiger partial charge in [-0.3, -0.25) is 14.6 Å². The zero-order valence-corrected chi connectivity index (χ0v) is 11.5. The average molecular weight is 291 g/mol. The molecule has 1 saturated heterocycles. The van der Waals surface area contributed by atoms with Gasteiger partial charge in [-0.1, -0.05) is 0 Å². The predicted molar refractivity (Wildman–Crippen MR) is 73.0 cm³/mol. The number of amides is 2. The number of piperidine rings is 1. The Hall–Kier alpha value is -2.44. The molecule has 21 heavy (non-hydrogen) atoms. The number of carbonyl (C=O) groups is 3. The summed E-state index contributed by atoms with van der Waals surface area (Å²) in [6, 6.07) is 3.02. The van der Waals surface area contributed by atoms with Gasteiger partial charge in [-0.05, 0) is 25.0 Å². The first-order chi connectivity index (χ1) is 10.1. The monoisotopic (exact) mass is 291 g/mol. The molecule has 1 atom stereocenters. The van der Waals surface area contributed by atoms with Crippen molar-refractivity contribution in [1.82, 2.24) is 9.88 Å². The summed E-state index contributed by atoms with van der Waals surface area (Å²) in [6.07, 6.45) is 4.36. The standard InChI is InChI=1S/C14H17N3O4/c15-13(19)11-2-1-7-17(8-11)12(18)9-21-14(20)10-3-5-16-6-4-10/h3-6,11H,1-2,7-9H2,(H2,15,19)/t11-/m0/s1. The zero-order chi connectivity index (χ0) is 15.2. The summed E-state index contributed by atoms with van der Waals surface area (Å²) in [5.74, 6) is -1.61. The lowest BCUT2D eigenvalue weighted by Crippen LogP contribution is -2.45. The second-order valence-electron chi connectivity index (χ2n) is 4.89. The maximum Gasteiger partial charge on any atom is 0.338 e. The van der Waals surface area contributed by atoms with Gasteiger partial charge in [0, 0.05) is 25.5 Å². The third-order valence-corrected chi connectivity index (χ3v) is 3.42. The quantitative estimate of drug-likeness (QED) is 0.784. The van der Waals surface area contributed by atoms with Crippen LogP contribution in [0.2, 0.25) is 0 Å². The lowest BCUT2D eigenvalue weighted by Gasteiger charge is -2.31. The summed E-state index contributed by atoms with van der Waals surface area (Å²) in [5.41, 5.74) is 5.60. The van der Waals surface area contributed by atoms with Crippen molar-refractivity contribution >= 4 is 17.8 Å². The molecule has 2 N–H and O–H groups in total. The molecule has 0 spiro atoms. The number of hydrogen-bond acceptors (Lipinski definition) is 5. The number of nitrogens with two attached hydrogens (primary N) is 1. The molecule has 2 amide bonds. The Balaban J connectivity index is 1.84. The highest BCUT2D eigenvalue weighted by atomic mass is 16.5. The van der Waals surface area contributed by atoms with E-state index in [-0.39, 0.29) is 18.4 Å². The number of pyridine rings is 1. The smallest absolute Gasteiger partial charge is 0.338 e. The van der Waals surface area contributed by atoms with E-state index in [2.05, 4.69) is 4.98 Å². The number of hydrogen-bond donors (Lipinski definition) is 1. The maximum absolute atomic E-state index is 12.0. The maximum atomic E-state index is 12.0. The van der Waals surface area contributed by atoms with Crippen molar-refractivity contribution in [2.45, 2.75) is 12.8 Å². The van der Waals surface area contributed by atoms with E-state index in [9.17, 15) is 14.4 Å². The SMILES string of the molecule is NC(=O)[C@H]1CCCN(C(=O)COC(=O)c2ccncc2)C1. The highest BCUT2D eigenvalue weighted by Gasteiger charge is 2.27. The molecule has 1 aromatic heterocycles. The molecule has 7 heteroatoms. The molecule has 1 fully saturated rings. The van der Waals surface area contributed by atoms with Crippen LogP contribution in [0.3, 0.4) is 0 Å². The molecule has 0 unspecified atom stereocenters. The molecule has 0 radical (unpaired) electrons. The third-order valence-electron chi connectivity index (χ3n) is 3.42. The fourth-order valence-corrected chi connectivity index (χ4v) is 2.23. The van der Waals surface area contributed by atoms with E-state index >= 15 is 0 Å². The predicted octanol–water partition coefficient (Wildman–Crippen LogP) is -0.0377. The molecule has 0 saturated carbocycles. The molecule has 112 valence electrons. The summed E-state index contributed by atoms with van der Waals surface area (Å²) < 4.78 is 4.96. The van der Waals surface area contributed by atoms with Crippen LogP contribution >= 0.6 is 0 Å². The fraction of sp³-hybridized carbons (Fsp3) is 0.429. The second-order valence-corrected chi connectivity index (χ2v) is 4.89. The minimum atomic E-state index is -0.575. The first-order valence-corrected chi connectivity index (χ1v) is 6.72. The van der Waals surface area contributed by atoms with E-state index in [0.717, 1.165) is 6.42 Å². The molecule has 1 aromatic rings. The van der Waals surface area contributed by atoms with Crippen molar-refractivity contribution in [3.63, 3.8) is 0 Å². The van der Waals surface area contributed by atoms with Crippen molar-refractivity contribution in [3.8, 4) is 0 Å². The summed E-state index contributed by atoms with van der Waals surface area (Å²) >= 11 is 0. The number of aromatic nitrogens is 1. The van der Waals surface area contributed by atoms with Crippen molar-refractivity contribution in [3.05, 3.63) is 30.1 Å². The molecular formula is C14H17N3O4. The number of carbonyl (C=O) groups excluding carboxylic acids is 3. The van der Waals surface area contributed by atoms with Crippen LogP contribution in [0.25, 0.3) is 0 Å². The Labute approximate surface area is 122 Å². The second kappa shape index (κ2) is 6.83. The number of esters is 1. The molecule has 2 rings (SSSR count). The zero-order valence-electron chi connectivity index (χ0n) is 11.5. The van der Waals surface area contributed by atoms with Crippen molar-refractivity contribution in [2.24, 2.45) is 11.7 Å². The Morgan fingerprint density at radius 2 is 2.05 bits per heavy atom. The summed E-state index contributed by atoms with van der Waals surface area (Å²) in [6.45, 7) is 0.503. The van der Waals surface area contributed by atoms with Gasteiger partial charge in [0.25, 0.3) is 5.91 Å². The van der Waals surface area contributed by atoms with E-state index in [1.54, 1.807) is 0 Å². The van der Waals surface area contributed by atoms with Gasteiger partial charge in [0.15, 0.2) is 6.61 Å². The largest absolute Gasteiger partial charge is 0.452 e. The molecule has 1 aliphatic heterocycles. The number of ether oxygens (including phenoxy) is 1. The van der Waals surface area contributed by atoms with Crippen LogP contribution in [0, 0.1) is 5.92 Å². The molecule has 0 bridgehead atoms. The molecule has 0 aromatic carbocycles. The Morgan fingerprint density at radius 1 is 1.33 bits per heavy atom. The van der Waals surface area contributed by atoms with Gasteiger partial charge in [-0.2, -0.15) is 0 Å². The van der Waals surface area contributed by atoms with Crippen LogP contribution in [-0.2, 0) is 14.3 Å². The molecule has 2 heterocycles. The van der Waals surface area contributed by atoms with Crippen LogP contribution in [0.4, 0.5) is 0 Å². The third kappa shape index (κ3) is 4.01. The minimum absolute atomic E-state index is 0.293. The minimum Gasteiger partial charge on any atom is -0.452 e. The highest BCUT2D eigenvalue weighted by Crippen LogP contribution is 2.16. The lowest BCUT2D eigenvalue weighted by molar-refractivity contribution is -0.137. The number of primary amides is 1. The van der Waals surface area contributed by atoms with Crippen molar-refractivity contribution in [1.29, 1.82) is 0 Å². The number of likely N-dealkylation sites (tertiary alicyclic amines) is 1. The van der Waals surface area contributed by atoms with Crippen LogP contribution in [0.5, 0.6) is 0 Å². The van der Waals surface area contributed by atoms with E-state index < -0.39 is 11.9 Å². The van der Waals surface area contributed by atoms with E-state index in [4.69, 9.17) is 10.5 Å². The van der Waals surface area contributed by atoms with Crippen molar-refractivity contribution in [2.75, 3.05) is 19.7 Å². The Morgan fingerprint density at radius 3 is 2.71 bits per heavy atom. The van der Waals surface area contributed by atoms with Gasteiger partial charge in [0.1, 0.15) is 0 Å². The van der Waals surface area contributed by atoms with E-state index in [1.165, 1.54) is 29.4 Å². The van der Waals surface area contributed by atoms with Gasteiger partial charge < -0.3 is 15.4 Å². The molecule has 0 aliphatic carbocycles. The van der Waals surface area contributed by atoms with Crippen LogP contribution < -0.4 is 5.73 Å². The normalized spacial score (nSPS) is 18.1. The Kier molecular flexibility index (Phi) is 4.86. The van der Waals surface area contributed by atoms with E-state index in [1.807, 2.05) is 0 Å². The average Bonchev–Trinajstić information content (AvgIpc) is 2.53. The summed E-state index contributed by atoms with van der Waals surface area (Å²) in [4.78, 5) is 40.2. The van der Waals surface area contributed by atoms with Gasteiger partial charge >= 0.3 is 5.97 Å². The van der Waals surface area contributed by atoms with Gasteiger partial charge in [-0.15, -0.1) is 0 Å².